The van der Waals surface area contributed by atoms with Crippen LogP contribution in [0.25, 0.3) is 0 Å². The molecule has 0 aliphatic carbocycles. The summed E-state index contributed by atoms with van der Waals surface area (Å²) in [6, 6.07) is 6.33. The Morgan fingerprint density at radius 1 is 1.10 bits per heavy atom. The molecule has 21 heavy (non-hydrogen) atoms. The molecular weight excluding hydrogens is 416 g/mol. The second kappa shape index (κ2) is 6.31. The monoisotopic (exact) mass is 430 g/mol. The summed E-state index contributed by atoms with van der Waals surface area (Å²) in [5.74, 6) is 1.65. The minimum absolute atomic E-state index is 0.154. The Morgan fingerprint density at radius 3 is 2.38 bits per heavy atom. The van der Waals surface area contributed by atoms with Crippen molar-refractivity contribution < 1.29 is 9.47 Å². The second-order valence-electron chi connectivity index (χ2n) is 5.12. The maximum Gasteiger partial charge on any atom is 0.162 e. The number of thiophene rings is 1. The Bertz CT molecular complexity index is 647. The summed E-state index contributed by atoms with van der Waals surface area (Å²) in [6.45, 7) is 5.72. The Morgan fingerprint density at radius 2 is 1.76 bits per heavy atom. The number of alkyl halides is 1. The number of halogens is 2. The molecule has 0 radical (unpaired) electrons. The predicted molar refractivity (Wildman–Crippen MR) is 94.3 cm³/mol. The van der Waals surface area contributed by atoms with Gasteiger partial charge in [-0.2, -0.15) is 0 Å². The normalized spacial score (nSPS) is 15.6. The van der Waals surface area contributed by atoms with Gasteiger partial charge in [0, 0.05) is 20.6 Å². The van der Waals surface area contributed by atoms with Crippen molar-refractivity contribution in [3.8, 4) is 11.5 Å². The van der Waals surface area contributed by atoms with Crippen molar-refractivity contribution in [2.24, 2.45) is 0 Å². The predicted octanol–water partition coefficient (Wildman–Crippen LogP) is 5.77. The van der Waals surface area contributed by atoms with Crippen LogP contribution >= 0.6 is 43.2 Å². The van der Waals surface area contributed by atoms with Gasteiger partial charge in [-0.05, 0) is 43.2 Å². The molecule has 0 bridgehead atoms. The lowest BCUT2D eigenvalue weighted by Gasteiger charge is -2.15. The summed E-state index contributed by atoms with van der Waals surface area (Å²) in [4.78, 5) is 2.82. The first kappa shape index (κ1) is 15.4. The molecular formula is C16H16Br2O2S. The first-order chi connectivity index (χ1) is 10.1. The molecule has 2 aromatic rings. The highest BCUT2D eigenvalue weighted by Crippen LogP contribution is 2.44. The third-order valence-electron chi connectivity index (χ3n) is 3.57. The Hall–Kier alpha value is -0.520. The molecule has 1 aromatic carbocycles. The van der Waals surface area contributed by atoms with Crippen LogP contribution in [-0.2, 0) is 0 Å². The maximum absolute atomic E-state index is 5.80. The summed E-state index contributed by atoms with van der Waals surface area (Å²) >= 11 is 9.31. The van der Waals surface area contributed by atoms with Crippen molar-refractivity contribution in [3.05, 3.63) is 43.6 Å². The fraction of sp³-hybridized carbons (Fsp3) is 0.375. The van der Waals surface area contributed by atoms with Crippen LogP contribution in [0.15, 0.2) is 22.7 Å². The van der Waals surface area contributed by atoms with Crippen molar-refractivity contribution in [2.45, 2.75) is 25.1 Å². The van der Waals surface area contributed by atoms with Crippen LogP contribution in [0.4, 0.5) is 0 Å². The zero-order valence-electron chi connectivity index (χ0n) is 11.9. The molecule has 0 saturated carbocycles. The first-order valence-corrected chi connectivity index (χ1v) is 9.39. The standard InChI is InChI=1S/C16H16Br2O2S/c1-9-6-15(21-10(9)2)16(18)11-7-13-14(8-12(11)17)20-5-3-4-19-13/h6-8,16H,3-5H2,1-2H3. The van der Waals surface area contributed by atoms with E-state index in [-0.39, 0.29) is 4.83 Å². The molecule has 0 spiro atoms. The van der Waals surface area contributed by atoms with Gasteiger partial charge in [-0.1, -0.05) is 31.9 Å². The lowest BCUT2D eigenvalue weighted by molar-refractivity contribution is 0.297. The molecule has 1 unspecified atom stereocenters. The zero-order chi connectivity index (χ0) is 15.0. The summed E-state index contributed by atoms with van der Waals surface area (Å²) in [7, 11) is 0. The lowest BCUT2D eigenvalue weighted by atomic mass is 10.1. The van der Waals surface area contributed by atoms with Gasteiger partial charge in [0.05, 0.1) is 18.0 Å². The Balaban J connectivity index is 1.99. The quantitative estimate of drug-likeness (QED) is 0.561. The van der Waals surface area contributed by atoms with E-state index < -0.39 is 0 Å². The fourth-order valence-electron chi connectivity index (χ4n) is 2.27. The smallest absolute Gasteiger partial charge is 0.162 e. The van der Waals surface area contributed by atoms with E-state index in [1.54, 1.807) is 0 Å². The number of hydrogen-bond acceptors (Lipinski definition) is 3. The molecule has 1 aliphatic heterocycles. The van der Waals surface area contributed by atoms with Gasteiger partial charge in [-0.3, -0.25) is 0 Å². The Labute approximate surface area is 145 Å². The van der Waals surface area contributed by atoms with Crippen molar-refractivity contribution in [1.29, 1.82) is 0 Å². The highest BCUT2D eigenvalue weighted by molar-refractivity contribution is 9.11. The highest BCUT2D eigenvalue weighted by Gasteiger charge is 2.21. The van der Waals surface area contributed by atoms with E-state index in [1.165, 1.54) is 20.9 Å². The van der Waals surface area contributed by atoms with Gasteiger partial charge in [0.25, 0.3) is 0 Å². The van der Waals surface area contributed by atoms with Gasteiger partial charge in [-0.15, -0.1) is 11.3 Å². The molecule has 0 N–H and O–H groups in total. The van der Waals surface area contributed by atoms with E-state index in [0.717, 1.165) is 22.4 Å². The van der Waals surface area contributed by atoms with Gasteiger partial charge in [-0.25, -0.2) is 0 Å². The summed E-state index contributed by atoms with van der Waals surface area (Å²) in [5.41, 5.74) is 2.51. The van der Waals surface area contributed by atoms with E-state index in [9.17, 15) is 0 Å². The number of aryl methyl sites for hydroxylation is 2. The molecule has 1 atom stereocenters. The topological polar surface area (TPSA) is 18.5 Å². The van der Waals surface area contributed by atoms with Crippen LogP contribution in [0.2, 0.25) is 0 Å². The van der Waals surface area contributed by atoms with E-state index in [4.69, 9.17) is 9.47 Å². The minimum atomic E-state index is 0.154. The average Bonchev–Trinajstić information content (AvgIpc) is 2.66. The van der Waals surface area contributed by atoms with Gasteiger partial charge in [0.1, 0.15) is 0 Å². The minimum Gasteiger partial charge on any atom is -0.490 e. The number of fused-ring (bicyclic) bond motifs is 1. The molecule has 0 saturated heterocycles. The molecule has 1 aliphatic rings. The SMILES string of the molecule is Cc1cc(C(Br)c2cc3c(cc2Br)OCCCO3)sc1C. The van der Waals surface area contributed by atoms with Crippen LogP contribution in [-0.4, -0.2) is 13.2 Å². The molecule has 5 heteroatoms. The summed E-state index contributed by atoms with van der Waals surface area (Å²) < 4.78 is 12.6. The molecule has 112 valence electrons. The van der Waals surface area contributed by atoms with E-state index in [1.807, 2.05) is 17.4 Å². The van der Waals surface area contributed by atoms with Gasteiger partial charge in [0.2, 0.25) is 0 Å². The number of benzene rings is 1. The molecule has 2 nitrogen and oxygen atoms in total. The largest absolute Gasteiger partial charge is 0.490 e. The maximum atomic E-state index is 5.80. The number of rotatable bonds is 2. The second-order valence-corrected chi connectivity index (χ2v) is 8.18. The van der Waals surface area contributed by atoms with Crippen molar-refractivity contribution >= 4 is 43.2 Å². The molecule has 3 rings (SSSR count). The Kier molecular flexibility index (Phi) is 4.62. The summed E-state index contributed by atoms with van der Waals surface area (Å²) in [6.07, 6.45) is 0.919. The van der Waals surface area contributed by atoms with Crippen LogP contribution in [0, 0.1) is 13.8 Å². The molecule has 1 aromatic heterocycles. The van der Waals surface area contributed by atoms with Crippen LogP contribution in [0.5, 0.6) is 11.5 Å². The summed E-state index contributed by atoms with van der Waals surface area (Å²) in [5, 5.41) is 0. The highest BCUT2D eigenvalue weighted by atomic mass is 79.9. The van der Waals surface area contributed by atoms with E-state index in [2.05, 4.69) is 57.8 Å². The van der Waals surface area contributed by atoms with E-state index >= 15 is 0 Å². The lowest BCUT2D eigenvalue weighted by Crippen LogP contribution is -1.97. The molecule has 0 amide bonds. The number of ether oxygens (including phenoxy) is 2. The first-order valence-electron chi connectivity index (χ1n) is 6.86. The fourth-order valence-corrected chi connectivity index (χ4v) is 4.96. The van der Waals surface area contributed by atoms with Crippen molar-refractivity contribution in [1.82, 2.24) is 0 Å². The van der Waals surface area contributed by atoms with Crippen LogP contribution in [0.3, 0.4) is 0 Å². The van der Waals surface area contributed by atoms with Gasteiger partial charge in [0.15, 0.2) is 11.5 Å². The van der Waals surface area contributed by atoms with Gasteiger partial charge < -0.3 is 9.47 Å². The van der Waals surface area contributed by atoms with Gasteiger partial charge >= 0.3 is 0 Å². The van der Waals surface area contributed by atoms with Crippen molar-refractivity contribution in [2.75, 3.05) is 13.2 Å². The molecule has 2 heterocycles. The molecule has 0 fully saturated rings. The third-order valence-corrected chi connectivity index (χ3v) is 6.77. The zero-order valence-corrected chi connectivity index (χ0v) is 15.9. The van der Waals surface area contributed by atoms with Crippen LogP contribution in [0.1, 0.15) is 32.1 Å². The van der Waals surface area contributed by atoms with Crippen LogP contribution < -0.4 is 9.47 Å². The average molecular weight is 432 g/mol. The third kappa shape index (κ3) is 3.15. The number of hydrogen-bond donors (Lipinski definition) is 0. The van der Waals surface area contributed by atoms with E-state index in [0.29, 0.717) is 13.2 Å². The van der Waals surface area contributed by atoms with Crippen molar-refractivity contribution in [3.63, 3.8) is 0 Å².